The van der Waals surface area contributed by atoms with E-state index in [1.165, 1.54) is 10.8 Å². The lowest BCUT2D eigenvalue weighted by atomic mass is 10.1. The molecule has 0 spiro atoms. The maximum Gasteiger partial charge on any atom is 0.295 e. The number of nitrogens with one attached hydrogen (secondary N) is 1. The molecule has 3 aromatic heterocycles. The van der Waals surface area contributed by atoms with Crippen molar-refractivity contribution in [3.63, 3.8) is 0 Å². The highest BCUT2D eigenvalue weighted by Gasteiger charge is 2.22. The Morgan fingerprint density at radius 2 is 1.72 bits per heavy atom. The normalized spacial score (nSPS) is 11.4. The van der Waals surface area contributed by atoms with Gasteiger partial charge in [-0.25, -0.2) is 9.36 Å². The molecule has 3 heterocycles. The van der Waals surface area contributed by atoms with Gasteiger partial charge in [0.25, 0.3) is 11.5 Å². The molecule has 212 valence electrons. The Morgan fingerprint density at radius 3 is 2.40 bits per heavy atom. The second kappa shape index (κ2) is 11.1. The molecule has 10 heteroatoms. The van der Waals surface area contributed by atoms with Crippen LogP contribution in [0.1, 0.15) is 11.3 Å². The third-order valence-electron chi connectivity index (χ3n) is 7.18. The molecule has 6 rings (SSSR count). The van der Waals surface area contributed by atoms with Crippen molar-refractivity contribution in [2.75, 3.05) is 12.4 Å². The number of nitrogens with zero attached hydrogens (tertiary/aromatic N) is 5. The monoisotopic (exact) mass is 570 g/mol. The molecular formula is C33H26N6O4. The van der Waals surface area contributed by atoms with E-state index < -0.39 is 11.5 Å². The van der Waals surface area contributed by atoms with Gasteiger partial charge in [0, 0.05) is 24.2 Å². The summed E-state index contributed by atoms with van der Waals surface area (Å²) >= 11 is 0. The maximum absolute atomic E-state index is 13.4. The molecular weight excluding hydrogens is 544 g/mol. The van der Waals surface area contributed by atoms with Crippen molar-refractivity contribution in [2.45, 2.75) is 6.92 Å². The second-order valence-electron chi connectivity index (χ2n) is 9.76. The molecule has 0 aliphatic rings. The van der Waals surface area contributed by atoms with E-state index in [2.05, 4.69) is 5.32 Å². The third-order valence-corrected chi connectivity index (χ3v) is 7.18. The van der Waals surface area contributed by atoms with Gasteiger partial charge in [-0.1, -0.05) is 48.5 Å². The fourth-order valence-corrected chi connectivity index (χ4v) is 4.91. The summed E-state index contributed by atoms with van der Waals surface area (Å²) in [6.45, 7) is 1.73. The first-order valence-electron chi connectivity index (χ1n) is 13.4. The summed E-state index contributed by atoms with van der Waals surface area (Å²) in [4.78, 5) is 26.8. The fraction of sp³-hybridized carbons (Fsp3) is 0.0909. The molecule has 0 saturated carbocycles. The molecule has 1 amide bonds. The van der Waals surface area contributed by atoms with Gasteiger partial charge < -0.3 is 14.5 Å². The Labute approximate surface area is 246 Å². The molecule has 0 atom stereocenters. The van der Waals surface area contributed by atoms with Crippen molar-refractivity contribution in [1.29, 1.82) is 5.26 Å². The Hall–Kier alpha value is -6.08. The largest absolute Gasteiger partial charge is 0.493 e. The minimum atomic E-state index is -0.724. The van der Waals surface area contributed by atoms with Crippen molar-refractivity contribution < 1.29 is 13.9 Å². The van der Waals surface area contributed by atoms with Crippen molar-refractivity contribution in [1.82, 2.24) is 19.1 Å². The van der Waals surface area contributed by atoms with Gasteiger partial charge in [0.15, 0.2) is 17.1 Å². The molecule has 10 nitrogen and oxygen atoms in total. The van der Waals surface area contributed by atoms with Crippen LogP contribution in [0.2, 0.25) is 0 Å². The van der Waals surface area contributed by atoms with Gasteiger partial charge in [0.2, 0.25) is 0 Å². The topological polar surface area (TPSA) is 120 Å². The molecule has 0 aliphatic carbocycles. The highest BCUT2D eigenvalue weighted by Crippen LogP contribution is 2.35. The van der Waals surface area contributed by atoms with Crippen molar-refractivity contribution in [2.24, 2.45) is 7.05 Å². The summed E-state index contributed by atoms with van der Waals surface area (Å²) in [7, 11) is 3.29. The van der Waals surface area contributed by atoms with Crippen LogP contribution in [0.4, 0.5) is 5.69 Å². The molecule has 0 fully saturated rings. The minimum absolute atomic E-state index is 0.0853. The number of hydrogen-bond donors (Lipinski definition) is 1. The van der Waals surface area contributed by atoms with Crippen molar-refractivity contribution >= 4 is 28.6 Å². The SMILES string of the molecule is COc1cccc2cc(-c3nn(-c4ccccc4)cc3C=C(C#N)C(=O)Nc3c(C)n(C)n(-c4ccccc4)c3=O)oc12. The smallest absolute Gasteiger partial charge is 0.295 e. The Balaban J connectivity index is 1.42. The van der Waals surface area contributed by atoms with E-state index in [1.807, 2.05) is 72.8 Å². The van der Waals surface area contributed by atoms with Crippen molar-refractivity contribution in [3.8, 4) is 34.6 Å². The van der Waals surface area contributed by atoms with Crippen LogP contribution in [0.5, 0.6) is 5.75 Å². The average Bonchev–Trinajstić information content (AvgIpc) is 3.72. The lowest BCUT2D eigenvalue weighted by Crippen LogP contribution is -2.23. The number of anilines is 1. The number of carbonyl (C=O) groups is 1. The first-order valence-corrected chi connectivity index (χ1v) is 13.4. The number of aromatic nitrogens is 4. The Kier molecular flexibility index (Phi) is 6.97. The first-order chi connectivity index (χ1) is 20.9. The number of fused-ring (bicyclic) bond motifs is 1. The predicted octanol–water partition coefficient (Wildman–Crippen LogP) is 5.64. The summed E-state index contributed by atoms with van der Waals surface area (Å²) in [6.07, 6.45) is 3.16. The molecule has 0 saturated heterocycles. The lowest BCUT2D eigenvalue weighted by molar-refractivity contribution is -0.112. The summed E-state index contributed by atoms with van der Waals surface area (Å²) in [5, 5.41) is 18.3. The zero-order valence-electron chi connectivity index (χ0n) is 23.6. The van der Waals surface area contributed by atoms with Gasteiger partial charge >= 0.3 is 0 Å². The van der Waals surface area contributed by atoms with E-state index in [4.69, 9.17) is 14.3 Å². The van der Waals surface area contributed by atoms with Crippen LogP contribution in [0.3, 0.4) is 0 Å². The van der Waals surface area contributed by atoms with Gasteiger partial charge in [-0.15, -0.1) is 0 Å². The Morgan fingerprint density at radius 1 is 1.02 bits per heavy atom. The number of nitriles is 1. The number of para-hydroxylation sites is 3. The number of methoxy groups -OCH3 is 1. The molecule has 0 unspecified atom stereocenters. The van der Waals surface area contributed by atoms with E-state index in [0.29, 0.717) is 39.7 Å². The number of carbonyl (C=O) groups excluding carboxylic acids is 1. The number of ether oxygens (including phenoxy) is 1. The highest BCUT2D eigenvalue weighted by atomic mass is 16.5. The van der Waals surface area contributed by atoms with E-state index in [1.54, 1.807) is 54.8 Å². The molecule has 1 N–H and O–H groups in total. The zero-order valence-corrected chi connectivity index (χ0v) is 23.6. The van der Waals surface area contributed by atoms with E-state index >= 15 is 0 Å². The van der Waals surface area contributed by atoms with Crippen LogP contribution < -0.4 is 15.6 Å². The van der Waals surface area contributed by atoms with Gasteiger partial charge in [-0.05, 0) is 49.4 Å². The quantitative estimate of drug-likeness (QED) is 0.196. The molecule has 0 bridgehead atoms. The number of rotatable bonds is 7. The number of hydrogen-bond acceptors (Lipinski definition) is 6. The Bertz CT molecular complexity index is 2110. The summed E-state index contributed by atoms with van der Waals surface area (Å²) in [6, 6.07) is 27.9. The predicted molar refractivity (Wildman–Crippen MR) is 163 cm³/mol. The maximum atomic E-state index is 13.4. The molecule has 3 aromatic carbocycles. The second-order valence-corrected chi connectivity index (χ2v) is 9.76. The highest BCUT2D eigenvalue weighted by molar-refractivity contribution is 6.10. The van der Waals surface area contributed by atoms with Crippen LogP contribution in [-0.4, -0.2) is 32.2 Å². The minimum Gasteiger partial charge on any atom is -0.493 e. The zero-order chi connectivity index (χ0) is 30.1. The lowest BCUT2D eigenvalue weighted by Gasteiger charge is -2.07. The summed E-state index contributed by atoms with van der Waals surface area (Å²) in [5.74, 6) is 0.279. The number of benzene rings is 3. The number of furan rings is 1. The van der Waals surface area contributed by atoms with E-state index in [-0.39, 0.29) is 11.3 Å². The number of amides is 1. The molecule has 43 heavy (non-hydrogen) atoms. The van der Waals surface area contributed by atoms with Crippen LogP contribution in [0.25, 0.3) is 39.9 Å². The van der Waals surface area contributed by atoms with Gasteiger partial charge in [0.1, 0.15) is 23.0 Å². The van der Waals surface area contributed by atoms with Crippen LogP contribution in [0, 0.1) is 18.3 Å². The fourth-order valence-electron chi connectivity index (χ4n) is 4.91. The van der Waals surface area contributed by atoms with Gasteiger partial charge in [-0.2, -0.15) is 10.4 Å². The van der Waals surface area contributed by atoms with Crippen LogP contribution in [0.15, 0.2) is 106 Å². The van der Waals surface area contributed by atoms with E-state index in [9.17, 15) is 14.9 Å². The van der Waals surface area contributed by atoms with E-state index in [0.717, 1.165) is 11.1 Å². The summed E-state index contributed by atoms with van der Waals surface area (Å²) < 4.78 is 16.4. The third kappa shape index (κ3) is 4.89. The van der Waals surface area contributed by atoms with Crippen molar-refractivity contribution in [3.05, 3.63) is 118 Å². The molecule has 6 aromatic rings. The molecule has 0 aliphatic heterocycles. The summed E-state index contributed by atoms with van der Waals surface area (Å²) in [5.41, 5.74) is 2.87. The van der Waals surface area contributed by atoms with Crippen LogP contribution in [-0.2, 0) is 11.8 Å². The first kappa shape index (κ1) is 27.1. The molecule has 0 radical (unpaired) electrons. The standard InChI is InChI=1S/C33H26N6O4/c1-21-29(33(41)39(37(21)2)26-14-8-5-9-15-26)35-32(40)23(19-34)17-24-20-38(25-12-6-4-7-13-25)36-30(24)28-18-22-11-10-16-27(42-3)31(22)43-28/h4-18,20H,1-3H3,(H,35,40). The van der Waals surface area contributed by atoms with Gasteiger partial charge in [0.05, 0.1) is 24.2 Å². The van der Waals surface area contributed by atoms with Gasteiger partial charge in [-0.3, -0.25) is 14.3 Å². The van der Waals surface area contributed by atoms with Crippen LogP contribution >= 0.6 is 0 Å². The average molecular weight is 571 g/mol.